The summed E-state index contributed by atoms with van der Waals surface area (Å²) in [5.74, 6) is 0.632. The van der Waals surface area contributed by atoms with Crippen LogP contribution < -0.4 is 10.2 Å². The molecule has 7 nitrogen and oxygen atoms in total. The summed E-state index contributed by atoms with van der Waals surface area (Å²) >= 11 is 0. The first kappa shape index (κ1) is 20.0. The molecule has 3 fully saturated rings. The van der Waals surface area contributed by atoms with Gasteiger partial charge >= 0.3 is 0 Å². The van der Waals surface area contributed by atoms with Crippen LogP contribution in [-0.4, -0.2) is 61.2 Å². The molecule has 1 N–H and O–H groups in total. The van der Waals surface area contributed by atoms with Gasteiger partial charge in [-0.3, -0.25) is 0 Å². The van der Waals surface area contributed by atoms with Gasteiger partial charge < -0.3 is 10.2 Å². The fourth-order valence-corrected chi connectivity index (χ4v) is 6.89. The smallest absolute Gasteiger partial charge is 0.223 e. The van der Waals surface area contributed by atoms with Gasteiger partial charge in [-0.05, 0) is 37.2 Å². The first-order chi connectivity index (χ1) is 14.1. The van der Waals surface area contributed by atoms with E-state index in [1.807, 2.05) is 6.20 Å². The maximum absolute atomic E-state index is 11.7. The van der Waals surface area contributed by atoms with E-state index >= 15 is 0 Å². The molecule has 2 saturated heterocycles. The van der Waals surface area contributed by atoms with Crippen LogP contribution in [0.3, 0.4) is 0 Å². The summed E-state index contributed by atoms with van der Waals surface area (Å²) in [4.78, 5) is 11.8. The summed E-state index contributed by atoms with van der Waals surface area (Å²) < 4.78 is 25.0. The number of nitrogens with zero attached hydrogens (tertiary/aromatic N) is 4. The van der Waals surface area contributed by atoms with Crippen molar-refractivity contribution >= 4 is 32.6 Å². The number of para-hydroxylation sites is 1. The van der Waals surface area contributed by atoms with E-state index in [9.17, 15) is 8.42 Å². The van der Waals surface area contributed by atoms with Crippen molar-refractivity contribution in [1.82, 2.24) is 14.3 Å². The van der Waals surface area contributed by atoms with Crippen LogP contribution in [0.5, 0.6) is 0 Å². The van der Waals surface area contributed by atoms with Gasteiger partial charge in [0, 0.05) is 49.2 Å². The number of benzene rings is 1. The van der Waals surface area contributed by atoms with Crippen LogP contribution in [0, 0.1) is 10.8 Å². The van der Waals surface area contributed by atoms with Gasteiger partial charge in [0.25, 0.3) is 0 Å². The third kappa shape index (κ3) is 3.64. The van der Waals surface area contributed by atoms with Crippen molar-refractivity contribution in [3.8, 4) is 0 Å². The van der Waals surface area contributed by atoms with Gasteiger partial charge in [0.15, 0.2) is 0 Å². The van der Waals surface area contributed by atoms with E-state index in [1.54, 1.807) is 4.31 Å². The molecule has 1 aromatic heterocycles. The lowest BCUT2D eigenvalue weighted by molar-refractivity contribution is -0.0356. The average Bonchev–Trinajstić information content (AvgIpc) is 2.63. The van der Waals surface area contributed by atoms with Crippen LogP contribution in [0.2, 0.25) is 0 Å². The highest BCUT2D eigenvalue weighted by molar-refractivity contribution is 7.88. The molecule has 1 spiro atoms. The quantitative estimate of drug-likeness (QED) is 0.805. The fraction of sp³-hybridized carbons (Fsp3) is 0.636. The lowest BCUT2D eigenvalue weighted by Crippen LogP contribution is -2.64. The molecule has 30 heavy (non-hydrogen) atoms. The third-order valence-electron chi connectivity index (χ3n) is 6.95. The van der Waals surface area contributed by atoms with Crippen molar-refractivity contribution in [2.24, 2.45) is 10.8 Å². The molecule has 0 amide bonds. The van der Waals surface area contributed by atoms with Crippen molar-refractivity contribution in [1.29, 1.82) is 0 Å². The largest absolute Gasteiger partial charge is 0.369 e. The van der Waals surface area contributed by atoms with Gasteiger partial charge in [-0.15, -0.1) is 0 Å². The molecular formula is C22H31N5O2S. The Hall–Kier alpha value is -1.93. The molecule has 0 bridgehead atoms. The molecule has 2 aromatic rings. The molecule has 8 heteroatoms. The predicted octanol–water partition coefficient (Wildman–Crippen LogP) is 3.09. The molecule has 1 aromatic carbocycles. The van der Waals surface area contributed by atoms with Gasteiger partial charge in [-0.2, -0.15) is 0 Å². The lowest BCUT2D eigenvalue weighted by atomic mass is 9.51. The van der Waals surface area contributed by atoms with Gasteiger partial charge in [-0.1, -0.05) is 26.0 Å². The average molecular weight is 430 g/mol. The normalized spacial score (nSPS) is 23.9. The van der Waals surface area contributed by atoms with Crippen LogP contribution >= 0.6 is 0 Å². The highest BCUT2D eigenvalue weighted by Crippen LogP contribution is 2.59. The molecule has 0 unspecified atom stereocenters. The minimum absolute atomic E-state index is 0.192. The number of fused-ring (bicyclic) bond motifs is 1. The minimum atomic E-state index is -3.11. The fourth-order valence-electron chi connectivity index (χ4n) is 6.02. The van der Waals surface area contributed by atoms with Crippen LogP contribution in [-0.2, 0) is 10.0 Å². The second-order valence-corrected chi connectivity index (χ2v) is 12.3. The van der Waals surface area contributed by atoms with Crippen molar-refractivity contribution < 1.29 is 8.42 Å². The molecule has 3 heterocycles. The van der Waals surface area contributed by atoms with E-state index in [-0.39, 0.29) is 6.04 Å². The zero-order valence-corrected chi connectivity index (χ0v) is 18.9. The zero-order valence-electron chi connectivity index (χ0n) is 18.1. The van der Waals surface area contributed by atoms with E-state index in [4.69, 9.17) is 4.98 Å². The highest BCUT2D eigenvalue weighted by Gasteiger charge is 2.55. The highest BCUT2D eigenvalue weighted by atomic mass is 32.2. The van der Waals surface area contributed by atoms with Crippen molar-refractivity contribution in [3.63, 3.8) is 0 Å². The maximum Gasteiger partial charge on any atom is 0.223 e. The molecule has 1 aliphatic carbocycles. The molecule has 162 valence electrons. The zero-order chi connectivity index (χ0) is 21.1. The first-order valence-electron chi connectivity index (χ1n) is 10.9. The van der Waals surface area contributed by atoms with Crippen LogP contribution in [0.15, 0.2) is 24.4 Å². The van der Waals surface area contributed by atoms with Gasteiger partial charge in [0.1, 0.15) is 0 Å². The predicted molar refractivity (Wildman–Crippen MR) is 120 cm³/mol. The Bertz CT molecular complexity index is 1060. The molecule has 1 saturated carbocycles. The number of piperidine rings is 1. The Morgan fingerprint density at radius 3 is 2.47 bits per heavy atom. The van der Waals surface area contributed by atoms with E-state index in [2.05, 4.69) is 47.2 Å². The second kappa shape index (κ2) is 6.79. The Morgan fingerprint density at radius 1 is 1.13 bits per heavy atom. The standard InChI is InChI=1S/C22H31N5O2S/c1-21(2)12-22(13-21)14-26(15-22)18-6-4-5-16-11-23-20(25-19(16)18)24-17-7-9-27(10-8-17)30(3,28)29/h4-6,11,17H,7-10,12-15H2,1-3H3,(H,23,24,25). The van der Waals surface area contributed by atoms with E-state index in [1.165, 1.54) is 24.8 Å². The van der Waals surface area contributed by atoms with Gasteiger partial charge in [0.2, 0.25) is 16.0 Å². The molecule has 5 rings (SSSR count). The Balaban J connectivity index is 1.30. The minimum Gasteiger partial charge on any atom is -0.369 e. The summed E-state index contributed by atoms with van der Waals surface area (Å²) in [6, 6.07) is 6.51. The molecule has 3 aliphatic rings. The number of rotatable bonds is 4. The second-order valence-electron chi connectivity index (χ2n) is 10.4. The molecule has 2 aliphatic heterocycles. The number of sulfonamides is 1. The first-order valence-corrected chi connectivity index (χ1v) is 12.7. The van der Waals surface area contributed by atoms with Crippen molar-refractivity contribution in [3.05, 3.63) is 24.4 Å². The monoisotopic (exact) mass is 429 g/mol. The number of nitrogens with one attached hydrogen (secondary N) is 1. The number of hydrogen-bond acceptors (Lipinski definition) is 6. The number of anilines is 2. The van der Waals surface area contributed by atoms with Crippen molar-refractivity contribution in [2.45, 2.75) is 45.6 Å². The van der Waals surface area contributed by atoms with Crippen LogP contribution in [0.1, 0.15) is 39.5 Å². The third-order valence-corrected chi connectivity index (χ3v) is 8.25. The van der Waals surface area contributed by atoms with E-state index in [0.717, 1.165) is 36.8 Å². The summed E-state index contributed by atoms with van der Waals surface area (Å²) in [6.07, 6.45) is 7.33. The lowest BCUT2D eigenvalue weighted by Gasteiger charge is -2.63. The summed E-state index contributed by atoms with van der Waals surface area (Å²) in [5.41, 5.74) is 3.20. The number of hydrogen-bond donors (Lipinski definition) is 1. The van der Waals surface area contributed by atoms with Crippen LogP contribution in [0.4, 0.5) is 11.6 Å². The van der Waals surface area contributed by atoms with Crippen molar-refractivity contribution in [2.75, 3.05) is 42.7 Å². The maximum atomic E-state index is 11.7. The summed E-state index contributed by atoms with van der Waals surface area (Å²) in [7, 11) is -3.11. The van der Waals surface area contributed by atoms with Gasteiger partial charge in [-0.25, -0.2) is 22.7 Å². The molecule has 0 radical (unpaired) electrons. The van der Waals surface area contributed by atoms with E-state index in [0.29, 0.717) is 29.9 Å². The Labute approximate surface area is 178 Å². The summed E-state index contributed by atoms with van der Waals surface area (Å²) in [5, 5.41) is 4.49. The van der Waals surface area contributed by atoms with Crippen LogP contribution in [0.25, 0.3) is 10.9 Å². The Kier molecular flexibility index (Phi) is 4.52. The summed E-state index contributed by atoms with van der Waals surface area (Å²) in [6.45, 7) is 8.05. The number of aromatic nitrogens is 2. The topological polar surface area (TPSA) is 78.4 Å². The van der Waals surface area contributed by atoms with Gasteiger partial charge in [0.05, 0.1) is 17.5 Å². The van der Waals surface area contributed by atoms with E-state index < -0.39 is 10.0 Å². The molecular weight excluding hydrogens is 398 g/mol. The molecule has 0 atom stereocenters. The SMILES string of the molecule is CC1(C)CC2(CN(c3cccc4cnc(NC5CCN(S(C)(=O)=O)CC5)nc34)C2)C1. The Morgan fingerprint density at radius 2 is 1.83 bits per heavy atom.